The van der Waals surface area contributed by atoms with Gasteiger partial charge in [-0.2, -0.15) is 0 Å². The predicted octanol–water partition coefficient (Wildman–Crippen LogP) is 0.935. The van der Waals surface area contributed by atoms with Crippen molar-refractivity contribution in [1.82, 2.24) is 0 Å². The lowest BCUT2D eigenvalue weighted by atomic mass is 9.75. The van der Waals surface area contributed by atoms with E-state index in [1.807, 2.05) is 0 Å². The zero-order valence-corrected chi connectivity index (χ0v) is 8.67. The molecule has 1 aliphatic heterocycles. The molecule has 80 valence electrons. The summed E-state index contributed by atoms with van der Waals surface area (Å²) in [6, 6.07) is 0. The van der Waals surface area contributed by atoms with Gasteiger partial charge in [-0.3, -0.25) is 9.59 Å². The van der Waals surface area contributed by atoms with E-state index in [0.29, 0.717) is 32.5 Å². The van der Waals surface area contributed by atoms with Crippen LogP contribution < -0.4 is 0 Å². The molecule has 0 amide bonds. The molecule has 0 aromatic heterocycles. The molecular formula is C10H16O4. The van der Waals surface area contributed by atoms with Gasteiger partial charge in [-0.25, -0.2) is 0 Å². The molecule has 0 spiro atoms. The maximum absolute atomic E-state index is 11.7. The third kappa shape index (κ3) is 1.80. The molecule has 1 heterocycles. The molecule has 4 heteroatoms. The van der Waals surface area contributed by atoms with E-state index in [2.05, 4.69) is 0 Å². The molecule has 0 aromatic rings. The minimum absolute atomic E-state index is 0.0346. The van der Waals surface area contributed by atoms with Gasteiger partial charge < -0.3 is 9.47 Å². The van der Waals surface area contributed by atoms with E-state index in [-0.39, 0.29) is 5.78 Å². The monoisotopic (exact) mass is 200 g/mol. The Balaban J connectivity index is 2.87. The lowest BCUT2D eigenvalue weighted by molar-refractivity contribution is -0.164. The molecule has 1 fully saturated rings. The lowest BCUT2D eigenvalue weighted by Crippen LogP contribution is -2.44. The van der Waals surface area contributed by atoms with Crippen molar-refractivity contribution in [3.05, 3.63) is 0 Å². The van der Waals surface area contributed by atoms with E-state index >= 15 is 0 Å². The second-order valence-corrected chi connectivity index (χ2v) is 3.46. The van der Waals surface area contributed by atoms with Crippen LogP contribution in [0.1, 0.15) is 26.2 Å². The minimum atomic E-state index is -0.929. The molecule has 0 aliphatic carbocycles. The third-order valence-electron chi connectivity index (χ3n) is 2.78. The highest BCUT2D eigenvalue weighted by Gasteiger charge is 2.46. The van der Waals surface area contributed by atoms with Crippen molar-refractivity contribution in [3.8, 4) is 0 Å². The fraction of sp³-hybridized carbons (Fsp3) is 0.800. The van der Waals surface area contributed by atoms with Crippen molar-refractivity contribution in [2.75, 3.05) is 20.3 Å². The Morgan fingerprint density at radius 3 is 2.36 bits per heavy atom. The Morgan fingerprint density at radius 1 is 1.36 bits per heavy atom. The van der Waals surface area contributed by atoms with Crippen molar-refractivity contribution < 1.29 is 19.1 Å². The number of carbonyl (C=O) groups is 2. The average Bonchev–Trinajstić information content (AvgIpc) is 2.27. The van der Waals surface area contributed by atoms with Crippen LogP contribution in [0.5, 0.6) is 0 Å². The van der Waals surface area contributed by atoms with Crippen LogP contribution in [0.25, 0.3) is 0 Å². The number of rotatable bonds is 3. The van der Waals surface area contributed by atoms with Gasteiger partial charge in [0.15, 0.2) is 0 Å². The number of ether oxygens (including phenoxy) is 2. The molecule has 0 aromatic carbocycles. The smallest absolute Gasteiger partial charge is 0.319 e. The Labute approximate surface area is 83.6 Å². The van der Waals surface area contributed by atoms with Gasteiger partial charge in [-0.15, -0.1) is 0 Å². The summed E-state index contributed by atoms with van der Waals surface area (Å²) in [5.41, 5.74) is -0.929. The van der Waals surface area contributed by atoms with Crippen molar-refractivity contribution in [2.24, 2.45) is 5.41 Å². The number of carbonyl (C=O) groups excluding carboxylic acids is 2. The molecule has 0 radical (unpaired) electrons. The molecule has 0 N–H and O–H groups in total. The molecule has 1 aliphatic rings. The first-order chi connectivity index (χ1) is 6.67. The number of methoxy groups -OCH3 is 1. The second kappa shape index (κ2) is 4.55. The highest BCUT2D eigenvalue weighted by molar-refractivity contribution is 6.03. The highest BCUT2D eigenvalue weighted by Crippen LogP contribution is 2.33. The first-order valence-electron chi connectivity index (χ1n) is 4.87. The summed E-state index contributed by atoms with van der Waals surface area (Å²) in [6.07, 6.45) is 1.27. The van der Waals surface area contributed by atoms with Crippen LogP contribution in [0.4, 0.5) is 0 Å². The fourth-order valence-electron chi connectivity index (χ4n) is 1.85. The predicted molar refractivity (Wildman–Crippen MR) is 49.8 cm³/mol. The first kappa shape index (κ1) is 11.2. The number of esters is 1. The highest BCUT2D eigenvalue weighted by atomic mass is 16.5. The summed E-state index contributed by atoms with van der Waals surface area (Å²) < 4.78 is 9.85. The van der Waals surface area contributed by atoms with E-state index in [4.69, 9.17) is 9.47 Å². The summed E-state index contributed by atoms with van der Waals surface area (Å²) in [4.78, 5) is 23.3. The molecule has 0 atom stereocenters. The van der Waals surface area contributed by atoms with E-state index in [0.717, 1.165) is 0 Å². The number of Topliss-reactive ketones (excluding diaryl/α,β-unsaturated/α-hetero) is 1. The van der Waals surface area contributed by atoms with Gasteiger partial charge in [0.05, 0.1) is 7.11 Å². The standard InChI is InChI=1S/C10H16O4/c1-3-8(11)10(9(12)13-2)4-6-14-7-5-10/h3-7H2,1-2H3. The summed E-state index contributed by atoms with van der Waals surface area (Å²) >= 11 is 0. The second-order valence-electron chi connectivity index (χ2n) is 3.46. The minimum Gasteiger partial charge on any atom is -0.468 e. The van der Waals surface area contributed by atoms with Gasteiger partial charge in [0.1, 0.15) is 11.2 Å². The molecule has 14 heavy (non-hydrogen) atoms. The van der Waals surface area contributed by atoms with Gasteiger partial charge >= 0.3 is 5.97 Å². The Hall–Kier alpha value is -0.900. The van der Waals surface area contributed by atoms with Crippen LogP contribution in [-0.4, -0.2) is 32.1 Å². The van der Waals surface area contributed by atoms with Crippen LogP contribution >= 0.6 is 0 Å². The van der Waals surface area contributed by atoms with Crippen LogP contribution in [0.2, 0.25) is 0 Å². The average molecular weight is 200 g/mol. The Morgan fingerprint density at radius 2 is 1.93 bits per heavy atom. The zero-order chi connectivity index (χ0) is 10.6. The number of hydrogen-bond acceptors (Lipinski definition) is 4. The van der Waals surface area contributed by atoms with Crippen molar-refractivity contribution in [2.45, 2.75) is 26.2 Å². The maximum atomic E-state index is 11.7. The van der Waals surface area contributed by atoms with Crippen molar-refractivity contribution in [1.29, 1.82) is 0 Å². The summed E-state index contributed by atoms with van der Waals surface area (Å²) in [5, 5.41) is 0. The zero-order valence-electron chi connectivity index (χ0n) is 8.67. The van der Waals surface area contributed by atoms with Crippen LogP contribution in [0.15, 0.2) is 0 Å². The van der Waals surface area contributed by atoms with Crippen LogP contribution in [0.3, 0.4) is 0 Å². The van der Waals surface area contributed by atoms with Crippen LogP contribution in [0, 0.1) is 5.41 Å². The van der Waals surface area contributed by atoms with Crippen molar-refractivity contribution >= 4 is 11.8 Å². The molecule has 0 saturated carbocycles. The van der Waals surface area contributed by atoms with E-state index in [1.54, 1.807) is 6.92 Å². The largest absolute Gasteiger partial charge is 0.468 e. The number of ketones is 1. The molecule has 0 bridgehead atoms. The van der Waals surface area contributed by atoms with Crippen LogP contribution in [-0.2, 0) is 19.1 Å². The van der Waals surface area contributed by atoms with Gasteiger partial charge in [0.25, 0.3) is 0 Å². The number of hydrogen-bond donors (Lipinski definition) is 0. The normalized spacial score (nSPS) is 20.1. The quantitative estimate of drug-likeness (QED) is 0.502. The third-order valence-corrected chi connectivity index (χ3v) is 2.78. The molecule has 1 rings (SSSR count). The van der Waals surface area contributed by atoms with E-state index in [9.17, 15) is 9.59 Å². The molecular weight excluding hydrogens is 184 g/mol. The van der Waals surface area contributed by atoms with E-state index in [1.165, 1.54) is 7.11 Å². The molecule has 4 nitrogen and oxygen atoms in total. The molecule has 0 unspecified atom stereocenters. The Bertz CT molecular complexity index is 210. The SMILES string of the molecule is CCC(=O)C1(C(=O)OC)CCOCC1. The summed E-state index contributed by atoms with van der Waals surface area (Å²) in [6.45, 7) is 2.68. The first-order valence-corrected chi connectivity index (χ1v) is 4.87. The van der Waals surface area contributed by atoms with Gasteiger partial charge in [0.2, 0.25) is 0 Å². The summed E-state index contributed by atoms with van der Waals surface area (Å²) in [7, 11) is 1.32. The van der Waals surface area contributed by atoms with E-state index < -0.39 is 11.4 Å². The topological polar surface area (TPSA) is 52.6 Å². The van der Waals surface area contributed by atoms with Gasteiger partial charge in [-0.1, -0.05) is 6.92 Å². The molecule has 1 saturated heterocycles. The summed E-state index contributed by atoms with van der Waals surface area (Å²) in [5.74, 6) is -0.444. The lowest BCUT2D eigenvalue weighted by Gasteiger charge is -2.32. The van der Waals surface area contributed by atoms with Crippen molar-refractivity contribution in [3.63, 3.8) is 0 Å². The maximum Gasteiger partial charge on any atom is 0.319 e. The fourth-order valence-corrected chi connectivity index (χ4v) is 1.85. The van der Waals surface area contributed by atoms with Gasteiger partial charge in [0, 0.05) is 19.6 Å². The van der Waals surface area contributed by atoms with Gasteiger partial charge in [-0.05, 0) is 12.8 Å². The Kier molecular flexibility index (Phi) is 3.63.